The predicted molar refractivity (Wildman–Crippen MR) is 116 cm³/mol. The van der Waals surface area contributed by atoms with Gasteiger partial charge in [0.2, 0.25) is 6.79 Å². The van der Waals surface area contributed by atoms with Crippen molar-refractivity contribution in [1.29, 1.82) is 0 Å². The first-order chi connectivity index (χ1) is 12.8. The molecule has 6 nitrogen and oxygen atoms in total. The molecule has 0 radical (unpaired) electrons. The maximum atomic E-state index is 5.83. The summed E-state index contributed by atoms with van der Waals surface area (Å²) in [6.45, 7) is 4.23. The summed E-state index contributed by atoms with van der Waals surface area (Å²) in [5, 5.41) is 7.66. The van der Waals surface area contributed by atoms with Crippen LogP contribution in [0, 0.1) is 0 Å². The minimum Gasteiger partial charge on any atom is -0.459 e. The van der Waals surface area contributed by atoms with Gasteiger partial charge < -0.3 is 24.5 Å². The van der Waals surface area contributed by atoms with Crippen LogP contribution < -0.4 is 20.1 Å². The highest BCUT2D eigenvalue weighted by molar-refractivity contribution is 14.0. The molecule has 2 N–H and O–H groups in total. The van der Waals surface area contributed by atoms with Gasteiger partial charge in [-0.25, -0.2) is 4.99 Å². The standard InChI is InChI=1S/C20H21N3O3.HI/c1-2-21-20(22-11-14-7-8-18-19(9-14)25-13-24-18)23-12-16-10-15-5-3-4-6-17(15)26-16;/h3-10H,2,11-13H2,1H3,(H2,21,22,23);1H. The van der Waals surface area contributed by atoms with E-state index in [9.17, 15) is 0 Å². The predicted octanol–water partition coefficient (Wildman–Crippen LogP) is 4.03. The Morgan fingerprint density at radius 2 is 1.89 bits per heavy atom. The lowest BCUT2D eigenvalue weighted by molar-refractivity contribution is 0.174. The van der Waals surface area contributed by atoms with Crippen molar-refractivity contribution >= 4 is 40.9 Å². The van der Waals surface area contributed by atoms with Gasteiger partial charge in [-0.1, -0.05) is 24.3 Å². The maximum Gasteiger partial charge on any atom is 0.231 e. The summed E-state index contributed by atoms with van der Waals surface area (Å²) in [6, 6.07) is 15.9. The molecule has 1 aromatic heterocycles. The molecule has 0 fully saturated rings. The van der Waals surface area contributed by atoms with Gasteiger partial charge in [-0.15, -0.1) is 24.0 Å². The molecular weight excluding hydrogens is 457 g/mol. The lowest BCUT2D eigenvalue weighted by atomic mass is 10.2. The Hall–Kier alpha value is -2.42. The van der Waals surface area contributed by atoms with Gasteiger partial charge in [0, 0.05) is 11.9 Å². The third kappa shape index (κ3) is 4.65. The van der Waals surface area contributed by atoms with Crippen LogP contribution in [0.15, 0.2) is 57.9 Å². The number of para-hydroxylation sites is 1. The van der Waals surface area contributed by atoms with Crippen LogP contribution >= 0.6 is 24.0 Å². The number of furan rings is 1. The molecule has 0 spiro atoms. The Balaban J connectivity index is 0.00000210. The van der Waals surface area contributed by atoms with E-state index in [1.807, 2.05) is 55.5 Å². The minimum absolute atomic E-state index is 0. The number of nitrogens with zero attached hydrogens (tertiary/aromatic N) is 1. The Kier molecular flexibility index (Phi) is 6.44. The van der Waals surface area contributed by atoms with E-state index in [0.717, 1.165) is 46.3 Å². The third-order valence-corrected chi connectivity index (χ3v) is 4.11. The van der Waals surface area contributed by atoms with Gasteiger partial charge in [0.25, 0.3) is 0 Å². The number of hydrogen-bond donors (Lipinski definition) is 2. The number of rotatable bonds is 5. The summed E-state index contributed by atoms with van der Waals surface area (Å²) in [5.74, 6) is 3.18. The van der Waals surface area contributed by atoms with E-state index in [-0.39, 0.29) is 30.8 Å². The van der Waals surface area contributed by atoms with Crippen molar-refractivity contribution in [2.24, 2.45) is 4.99 Å². The van der Waals surface area contributed by atoms with E-state index in [1.54, 1.807) is 0 Å². The minimum atomic E-state index is 0. The molecule has 0 bridgehead atoms. The van der Waals surface area contributed by atoms with Crippen LogP contribution in [0.4, 0.5) is 0 Å². The molecule has 0 unspecified atom stereocenters. The highest BCUT2D eigenvalue weighted by atomic mass is 127. The number of halogens is 1. The van der Waals surface area contributed by atoms with Crippen molar-refractivity contribution in [1.82, 2.24) is 10.6 Å². The number of guanidine groups is 1. The molecule has 2 heterocycles. The Labute approximate surface area is 175 Å². The summed E-state index contributed by atoms with van der Waals surface area (Å²) in [6.07, 6.45) is 0. The lowest BCUT2D eigenvalue weighted by Crippen LogP contribution is -2.36. The molecule has 0 aliphatic carbocycles. The van der Waals surface area contributed by atoms with E-state index in [4.69, 9.17) is 13.9 Å². The molecule has 3 aromatic rings. The quantitative estimate of drug-likeness (QED) is 0.329. The number of benzene rings is 2. The number of nitrogens with one attached hydrogen (secondary N) is 2. The number of fused-ring (bicyclic) bond motifs is 2. The number of ether oxygens (including phenoxy) is 2. The molecule has 0 atom stereocenters. The fourth-order valence-electron chi connectivity index (χ4n) is 2.85. The van der Waals surface area contributed by atoms with Crippen LogP contribution in [0.5, 0.6) is 11.5 Å². The van der Waals surface area contributed by atoms with Gasteiger partial charge in [0.15, 0.2) is 17.5 Å². The first-order valence-corrected chi connectivity index (χ1v) is 8.70. The first kappa shape index (κ1) is 19.3. The number of hydrogen-bond acceptors (Lipinski definition) is 4. The van der Waals surface area contributed by atoms with Crippen LogP contribution in [-0.4, -0.2) is 19.3 Å². The highest BCUT2D eigenvalue weighted by Crippen LogP contribution is 2.32. The van der Waals surface area contributed by atoms with E-state index in [0.29, 0.717) is 13.1 Å². The fourth-order valence-corrected chi connectivity index (χ4v) is 2.85. The number of aliphatic imine (C=N–C) groups is 1. The van der Waals surface area contributed by atoms with Gasteiger partial charge >= 0.3 is 0 Å². The van der Waals surface area contributed by atoms with E-state index in [1.165, 1.54) is 0 Å². The highest BCUT2D eigenvalue weighted by Gasteiger charge is 2.13. The Bertz CT molecular complexity index is 906. The first-order valence-electron chi connectivity index (χ1n) is 8.70. The molecule has 4 rings (SSSR count). The van der Waals surface area contributed by atoms with Crippen molar-refractivity contribution < 1.29 is 13.9 Å². The average molecular weight is 479 g/mol. The van der Waals surface area contributed by atoms with Crippen molar-refractivity contribution in [2.75, 3.05) is 13.3 Å². The maximum absolute atomic E-state index is 5.83. The molecule has 1 aliphatic heterocycles. The fraction of sp³-hybridized carbons (Fsp3) is 0.250. The molecule has 27 heavy (non-hydrogen) atoms. The topological polar surface area (TPSA) is 68.0 Å². The molecule has 7 heteroatoms. The molecular formula is C20H22IN3O3. The third-order valence-electron chi connectivity index (χ3n) is 4.11. The van der Waals surface area contributed by atoms with E-state index < -0.39 is 0 Å². The van der Waals surface area contributed by atoms with Crippen LogP contribution in [0.2, 0.25) is 0 Å². The summed E-state index contributed by atoms with van der Waals surface area (Å²) in [7, 11) is 0. The average Bonchev–Trinajstić information content (AvgIpc) is 3.29. The molecule has 0 saturated carbocycles. The molecule has 0 saturated heterocycles. The zero-order valence-electron chi connectivity index (χ0n) is 15.0. The van der Waals surface area contributed by atoms with Crippen LogP contribution in [0.25, 0.3) is 11.0 Å². The lowest BCUT2D eigenvalue weighted by Gasteiger charge is -2.10. The second-order valence-electron chi connectivity index (χ2n) is 5.99. The van der Waals surface area contributed by atoms with Gasteiger partial charge in [0.05, 0.1) is 13.1 Å². The van der Waals surface area contributed by atoms with Gasteiger partial charge in [-0.2, -0.15) is 0 Å². The van der Waals surface area contributed by atoms with Crippen molar-refractivity contribution in [2.45, 2.75) is 20.0 Å². The normalized spacial score (nSPS) is 12.7. The van der Waals surface area contributed by atoms with E-state index in [2.05, 4.69) is 15.6 Å². The molecule has 2 aromatic carbocycles. The Morgan fingerprint density at radius 3 is 2.74 bits per heavy atom. The largest absolute Gasteiger partial charge is 0.459 e. The van der Waals surface area contributed by atoms with Crippen LogP contribution in [-0.2, 0) is 13.1 Å². The summed E-state index contributed by atoms with van der Waals surface area (Å²) >= 11 is 0. The van der Waals surface area contributed by atoms with Gasteiger partial charge in [-0.05, 0) is 36.8 Å². The monoisotopic (exact) mass is 479 g/mol. The van der Waals surface area contributed by atoms with Gasteiger partial charge in [0.1, 0.15) is 11.3 Å². The molecule has 1 aliphatic rings. The summed E-state index contributed by atoms with van der Waals surface area (Å²) in [4.78, 5) is 4.63. The second-order valence-corrected chi connectivity index (χ2v) is 5.99. The smallest absolute Gasteiger partial charge is 0.231 e. The molecule has 0 amide bonds. The van der Waals surface area contributed by atoms with Gasteiger partial charge in [-0.3, -0.25) is 0 Å². The summed E-state index contributed by atoms with van der Waals surface area (Å²) < 4.78 is 16.6. The van der Waals surface area contributed by atoms with Crippen molar-refractivity contribution in [3.05, 3.63) is 59.9 Å². The molecule has 142 valence electrons. The zero-order chi connectivity index (χ0) is 17.8. The van der Waals surface area contributed by atoms with Crippen molar-refractivity contribution in [3.63, 3.8) is 0 Å². The van der Waals surface area contributed by atoms with E-state index >= 15 is 0 Å². The zero-order valence-corrected chi connectivity index (χ0v) is 17.4. The van der Waals surface area contributed by atoms with Crippen molar-refractivity contribution in [3.8, 4) is 11.5 Å². The second kappa shape index (κ2) is 8.98. The van der Waals surface area contributed by atoms with Crippen LogP contribution in [0.1, 0.15) is 18.2 Å². The SMILES string of the molecule is CCNC(=NCc1ccc2c(c1)OCO2)NCc1cc2ccccc2o1.I. The summed E-state index contributed by atoms with van der Waals surface area (Å²) in [5.41, 5.74) is 1.96. The van der Waals surface area contributed by atoms with Crippen LogP contribution in [0.3, 0.4) is 0 Å². The Morgan fingerprint density at radius 1 is 1.04 bits per heavy atom.